The van der Waals surface area contributed by atoms with Crippen LogP contribution in [-0.4, -0.2) is 10.1 Å². The van der Waals surface area contributed by atoms with Gasteiger partial charge in [0.05, 0.1) is 5.54 Å². The first-order valence-electron chi connectivity index (χ1n) is 6.77. The lowest BCUT2D eigenvalue weighted by Crippen LogP contribution is -2.33. The van der Waals surface area contributed by atoms with Crippen molar-refractivity contribution in [3.63, 3.8) is 0 Å². The van der Waals surface area contributed by atoms with E-state index in [9.17, 15) is 0 Å². The summed E-state index contributed by atoms with van der Waals surface area (Å²) in [5.41, 5.74) is 6.92. The van der Waals surface area contributed by atoms with E-state index < -0.39 is 5.54 Å². The number of aryl methyl sites for hydroxylation is 2. The van der Waals surface area contributed by atoms with Crippen molar-refractivity contribution < 1.29 is 4.52 Å². The molecule has 0 aliphatic rings. The van der Waals surface area contributed by atoms with Crippen LogP contribution < -0.4 is 5.73 Å². The number of nitrogens with two attached hydrogens (primary N) is 1. The van der Waals surface area contributed by atoms with Crippen LogP contribution in [-0.2, 0) is 18.4 Å². The predicted molar refractivity (Wildman–Crippen MR) is 74.6 cm³/mol. The molecular weight excluding hydrogens is 238 g/mol. The highest BCUT2D eigenvalue weighted by Gasteiger charge is 2.24. The minimum atomic E-state index is -0.499. The number of aromatic nitrogens is 2. The molecule has 0 bridgehead atoms. The summed E-state index contributed by atoms with van der Waals surface area (Å²) in [4.78, 5) is 4.38. The molecule has 1 heterocycles. The topological polar surface area (TPSA) is 64.9 Å². The number of hydrogen-bond acceptors (Lipinski definition) is 4. The predicted octanol–water partition coefficient (Wildman–Crippen LogP) is 2.83. The van der Waals surface area contributed by atoms with Crippen molar-refractivity contribution in [3.05, 3.63) is 47.6 Å². The van der Waals surface area contributed by atoms with E-state index in [1.807, 2.05) is 19.9 Å². The lowest BCUT2D eigenvalue weighted by molar-refractivity contribution is 0.350. The van der Waals surface area contributed by atoms with Gasteiger partial charge in [0.15, 0.2) is 5.82 Å². The summed E-state index contributed by atoms with van der Waals surface area (Å²) in [6.07, 6.45) is 3.60. The first kappa shape index (κ1) is 13.7. The number of nitrogens with zero attached hydrogens (tertiary/aromatic N) is 2. The van der Waals surface area contributed by atoms with Gasteiger partial charge in [-0.3, -0.25) is 0 Å². The Hall–Kier alpha value is -1.68. The second kappa shape index (κ2) is 5.97. The fourth-order valence-corrected chi connectivity index (χ4v) is 1.83. The van der Waals surface area contributed by atoms with E-state index in [-0.39, 0.29) is 0 Å². The maximum Gasteiger partial charge on any atom is 0.226 e. The molecule has 0 fully saturated rings. The molecule has 4 heteroatoms. The normalized spacial score (nSPS) is 14.3. The van der Waals surface area contributed by atoms with E-state index in [1.54, 1.807) is 0 Å². The molecule has 0 aliphatic carbocycles. The fourth-order valence-electron chi connectivity index (χ4n) is 1.83. The second-order valence-corrected chi connectivity index (χ2v) is 5.12. The molecule has 0 amide bonds. The van der Waals surface area contributed by atoms with Crippen molar-refractivity contribution in [1.29, 1.82) is 0 Å². The van der Waals surface area contributed by atoms with Crippen LogP contribution >= 0.6 is 0 Å². The largest absolute Gasteiger partial charge is 0.339 e. The van der Waals surface area contributed by atoms with Gasteiger partial charge in [0.2, 0.25) is 5.89 Å². The highest BCUT2D eigenvalue weighted by atomic mass is 16.5. The Morgan fingerprint density at radius 3 is 2.63 bits per heavy atom. The van der Waals surface area contributed by atoms with Crippen molar-refractivity contribution in [1.82, 2.24) is 10.1 Å². The molecule has 0 saturated heterocycles. The van der Waals surface area contributed by atoms with Crippen molar-refractivity contribution in [3.8, 4) is 0 Å². The van der Waals surface area contributed by atoms with E-state index >= 15 is 0 Å². The summed E-state index contributed by atoms with van der Waals surface area (Å²) in [6, 6.07) is 10.4. The molecule has 102 valence electrons. The number of hydrogen-bond donors (Lipinski definition) is 1. The van der Waals surface area contributed by atoms with Gasteiger partial charge in [-0.1, -0.05) is 42.4 Å². The molecule has 2 rings (SSSR count). The van der Waals surface area contributed by atoms with Gasteiger partial charge in [0.25, 0.3) is 0 Å². The van der Waals surface area contributed by atoms with Crippen LogP contribution in [0.3, 0.4) is 0 Å². The van der Waals surface area contributed by atoms with Crippen LogP contribution in [0.4, 0.5) is 0 Å². The third-order valence-corrected chi connectivity index (χ3v) is 3.41. The Morgan fingerprint density at radius 2 is 1.95 bits per heavy atom. The van der Waals surface area contributed by atoms with E-state index in [0.717, 1.165) is 25.7 Å². The quantitative estimate of drug-likeness (QED) is 0.866. The van der Waals surface area contributed by atoms with Gasteiger partial charge < -0.3 is 10.3 Å². The second-order valence-electron chi connectivity index (χ2n) is 5.12. The van der Waals surface area contributed by atoms with Crippen LogP contribution in [0.15, 0.2) is 34.9 Å². The lowest BCUT2D eigenvalue weighted by Gasteiger charge is -2.16. The van der Waals surface area contributed by atoms with Crippen molar-refractivity contribution in [2.75, 3.05) is 0 Å². The molecule has 0 saturated carbocycles. The third-order valence-electron chi connectivity index (χ3n) is 3.41. The molecule has 0 radical (unpaired) electrons. The molecule has 19 heavy (non-hydrogen) atoms. The SMILES string of the molecule is CCC(C)(N)c1noc(CCCc2ccccc2)n1. The van der Waals surface area contributed by atoms with Crippen LogP contribution in [0, 0.1) is 0 Å². The van der Waals surface area contributed by atoms with Gasteiger partial charge in [0.1, 0.15) is 0 Å². The number of benzene rings is 1. The smallest absolute Gasteiger partial charge is 0.226 e. The summed E-state index contributed by atoms with van der Waals surface area (Å²) < 4.78 is 5.25. The minimum absolute atomic E-state index is 0.499. The van der Waals surface area contributed by atoms with Gasteiger partial charge in [0, 0.05) is 6.42 Å². The summed E-state index contributed by atoms with van der Waals surface area (Å²) >= 11 is 0. The number of rotatable bonds is 6. The maximum atomic E-state index is 6.09. The molecule has 0 aliphatic heterocycles. The van der Waals surface area contributed by atoms with Crippen LogP contribution in [0.5, 0.6) is 0 Å². The highest BCUT2D eigenvalue weighted by molar-refractivity contribution is 5.14. The average Bonchev–Trinajstić information content (AvgIpc) is 2.90. The Bertz CT molecular complexity index is 505. The summed E-state index contributed by atoms with van der Waals surface area (Å²) in [5.74, 6) is 1.28. The van der Waals surface area contributed by atoms with Crippen molar-refractivity contribution in [2.45, 2.75) is 45.1 Å². The minimum Gasteiger partial charge on any atom is -0.339 e. The molecular formula is C15H21N3O. The van der Waals surface area contributed by atoms with Gasteiger partial charge in [-0.25, -0.2) is 0 Å². The van der Waals surface area contributed by atoms with Crippen LogP contribution in [0.25, 0.3) is 0 Å². The zero-order valence-electron chi connectivity index (χ0n) is 11.6. The van der Waals surface area contributed by atoms with Crippen LogP contribution in [0.2, 0.25) is 0 Å². The molecule has 0 spiro atoms. The Morgan fingerprint density at radius 1 is 1.21 bits per heavy atom. The van der Waals surface area contributed by atoms with Gasteiger partial charge in [-0.05, 0) is 31.7 Å². The molecule has 2 aromatic rings. The molecule has 1 unspecified atom stereocenters. The monoisotopic (exact) mass is 259 g/mol. The summed E-state index contributed by atoms with van der Waals surface area (Å²) in [6.45, 7) is 3.94. The Labute approximate surface area is 114 Å². The maximum absolute atomic E-state index is 6.09. The molecule has 1 aromatic heterocycles. The van der Waals surface area contributed by atoms with E-state index in [1.165, 1.54) is 5.56 Å². The first-order chi connectivity index (χ1) is 9.12. The fraction of sp³-hybridized carbons (Fsp3) is 0.467. The Balaban J connectivity index is 1.87. The zero-order chi connectivity index (χ0) is 13.7. The van der Waals surface area contributed by atoms with E-state index in [2.05, 4.69) is 34.4 Å². The summed E-state index contributed by atoms with van der Waals surface area (Å²) in [7, 11) is 0. The van der Waals surface area contributed by atoms with E-state index in [4.69, 9.17) is 10.3 Å². The zero-order valence-corrected chi connectivity index (χ0v) is 11.6. The molecule has 1 atom stereocenters. The highest BCUT2D eigenvalue weighted by Crippen LogP contribution is 2.18. The molecule has 2 N–H and O–H groups in total. The van der Waals surface area contributed by atoms with E-state index in [0.29, 0.717) is 11.7 Å². The summed E-state index contributed by atoms with van der Waals surface area (Å²) in [5, 5.41) is 3.97. The third kappa shape index (κ3) is 3.64. The van der Waals surface area contributed by atoms with Crippen LogP contribution in [0.1, 0.15) is 44.0 Å². The Kier molecular flexibility index (Phi) is 4.32. The average molecular weight is 259 g/mol. The molecule has 4 nitrogen and oxygen atoms in total. The van der Waals surface area contributed by atoms with Gasteiger partial charge >= 0.3 is 0 Å². The van der Waals surface area contributed by atoms with Crippen molar-refractivity contribution >= 4 is 0 Å². The standard InChI is InChI=1S/C15H21N3O/c1-3-15(2,16)14-17-13(19-18-14)11-7-10-12-8-5-4-6-9-12/h4-6,8-9H,3,7,10-11,16H2,1-2H3. The van der Waals surface area contributed by atoms with Crippen molar-refractivity contribution in [2.24, 2.45) is 5.73 Å². The lowest BCUT2D eigenvalue weighted by atomic mass is 10.00. The van der Waals surface area contributed by atoms with Gasteiger partial charge in [-0.2, -0.15) is 4.98 Å². The molecule has 1 aromatic carbocycles. The first-order valence-corrected chi connectivity index (χ1v) is 6.77. The van der Waals surface area contributed by atoms with Gasteiger partial charge in [-0.15, -0.1) is 0 Å².